The summed E-state index contributed by atoms with van der Waals surface area (Å²) in [5, 5.41) is 2.23. The molecule has 22 heavy (non-hydrogen) atoms. The van der Waals surface area contributed by atoms with Crippen molar-refractivity contribution in [2.24, 2.45) is 0 Å². The van der Waals surface area contributed by atoms with Gasteiger partial charge in [-0.2, -0.15) is 0 Å². The summed E-state index contributed by atoms with van der Waals surface area (Å²) < 4.78 is 0.912. The van der Waals surface area contributed by atoms with Crippen LogP contribution in [0.5, 0.6) is 0 Å². The van der Waals surface area contributed by atoms with E-state index in [-0.39, 0.29) is 11.1 Å². The monoisotopic (exact) mass is 376 g/mol. The molecule has 0 unspecified atom stereocenters. The van der Waals surface area contributed by atoms with Gasteiger partial charge in [-0.3, -0.25) is 9.59 Å². The minimum absolute atomic E-state index is 0.249. The molecule has 2 aromatic carbocycles. The number of aryl methyl sites for hydroxylation is 1. The van der Waals surface area contributed by atoms with Gasteiger partial charge in [0.1, 0.15) is 0 Å². The second-order valence-electron chi connectivity index (χ2n) is 4.93. The van der Waals surface area contributed by atoms with E-state index in [0.717, 1.165) is 27.5 Å². The van der Waals surface area contributed by atoms with Crippen molar-refractivity contribution in [2.45, 2.75) is 12.3 Å². The Kier molecular flexibility index (Phi) is 4.22. The Morgan fingerprint density at radius 3 is 2.64 bits per heavy atom. The molecule has 3 rings (SSSR count). The van der Waals surface area contributed by atoms with Crippen LogP contribution in [0.3, 0.4) is 0 Å². The van der Waals surface area contributed by atoms with Gasteiger partial charge in [0.2, 0.25) is 0 Å². The zero-order valence-electron chi connectivity index (χ0n) is 11.7. The quantitative estimate of drug-likeness (QED) is 0.862. The number of thioether (sulfide) groups is 1. The van der Waals surface area contributed by atoms with E-state index in [1.54, 1.807) is 6.07 Å². The molecular formula is C16H13BrN2O2S. The molecule has 4 nitrogen and oxygen atoms in total. The number of hydrogen-bond donors (Lipinski definition) is 1. The van der Waals surface area contributed by atoms with E-state index in [1.807, 2.05) is 49.4 Å². The summed E-state index contributed by atoms with van der Waals surface area (Å²) in [5.74, 6) is -0.249. The fourth-order valence-corrected chi connectivity index (χ4v) is 3.53. The summed E-state index contributed by atoms with van der Waals surface area (Å²) in [5.41, 5.74) is 2.41. The second kappa shape index (κ2) is 6.14. The number of rotatable bonds is 3. The number of benzene rings is 2. The van der Waals surface area contributed by atoms with Crippen molar-refractivity contribution in [3.63, 3.8) is 0 Å². The number of anilines is 2. The van der Waals surface area contributed by atoms with Crippen LogP contribution in [0.1, 0.15) is 5.56 Å². The molecule has 0 saturated carbocycles. The van der Waals surface area contributed by atoms with Gasteiger partial charge >= 0.3 is 0 Å². The van der Waals surface area contributed by atoms with E-state index < -0.39 is 5.37 Å². The van der Waals surface area contributed by atoms with Crippen LogP contribution >= 0.6 is 27.7 Å². The molecule has 112 valence electrons. The molecule has 1 aliphatic rings. The lowest BCUT2D eigenvalue weighted by Crippen LogP contribution is -2.34. The standard InChI is InChI=1S/C16H13BrN2O2S/c1-10-4-2-7-13(8-10)19-15(20)14(22-16(19)21)18-12-6-3-5-11(17)9-12/h2-9,14,18H,1H3/t14-/m1/s1. The molecule has 6 heteroatoms. The van der Waals surface area contributed by atoms with E-state index in [0.29, 0.717) is 5.69 Å². The predicted molar refractivity (Wildman–Crippen MR) is 93.2 cm³/mol. The first-order chi connectivity index (χ1) is 10.5. The SMILES string of the molecule is Cc1cccc(N2C(=O)S[C@@H](Nc3cccc(Br)c3)C2=O)c1. The first-order valence-corrected chi connectivity index (χ1v) is 8.35. The number of carbonyl (C=O) groups excluding carboxylic acids is 2. The zero-order chi connectivity index (χ0) is 15.7. The van der Waals surface area contributed by atoms with Crippen molar-refractivity contribution >= 4 is 50.2 Å². The number of hydrogen-bond acceptors (Lipinski definition) is 4. The molecule has 0 radical (unpaired) electrons. The Labute approximate surface area is 141 Å². The molecular weight excluding hydrogens is 364 g/mol. The van der Waals surface area contributed by atoms with Gasteiger partial charge in [0.25, 0.3) is 11.1 Å². The fourth-order valence-electron chi connectivity index (χ4n) is 2.23. The van der Waals surface area contributed by atoms with Crippen LogP contribution in [0.15, 0.2) is 53.0 Å². The van der Waals surface area contributed by atoms with Crippen molar-refractivity contribution in [3.8, 4) is 0 Å². The average Bonchev–Trinajstić information content (AvgIpc) is 2.73. The third-order valence-electron chi connectivity index (χ3n) is 3.23. The maximum atomic E-state index is 12.5. The summed E-state index contributed by atoms with van der Waals surface area (Å²) in [4.78, 5) is 25.9. The highest BCUT2D eigenvalue weighted by Crippen LogP contribution is 2.33. The smallest absolute Gasteiger partial charge is 0.295 e. The van der Waals surface area contributed by atoms with Crippen LogP contribution in [0, 0.1) is 6.92 Å². The number of nitrogens with one attached hydrogen (secondary N) is 1. The lowest BCUT2D eigenvalue weighted by Gasteiger charge is -2.15. The van der Waals surface area contributed by atoms with Crippen LogP contribution in [-0.4, -0.2) is 16.5 Å². The lowest BCUT2D eigenvalue weighted by molar-refractivity contribution is -0.116. The van der Waals surface area contributed by atoms with Crippen LogP contribution < -0.4 is 10.2 Å². The maximum absolute atomic E-state index is 12.5. The largest absolute Gasteiger partial charge is 0.365 e. The van der Waals surface area contributed by atoms with Gasteiger partial charge in [-0.1, -0.05) is 34.1 Å². The molecule has 2 aromatic rings. The van der Waals surface area contributed by atoms with E-state index in [2.05, 4.69) is 21.2 Å². The normalized spacial score (nSPS) is 17.9. The van der Waals surface area contributed by atoms with Crippen molar-refractivity contribution in [1.29, 1.82) is 0 Å². The minimum atomic E-state index is -0.609. The Morgan fingerprint density at radius 1 is 1.14 bits per heavy atom. The number of amides is 2. The van der Waals surface area contributed by atoms with Gasteiger partial charge in [-0.15, -0.1) is 0 Å². The highest BCUT2D eigenvalue weighted by molar-refractivity contribution is 9.10. The van der Waals surface area contributed by atoms with E-state index >= 15 is 0 Å². The van der Waals surface area contributed by atoms with Crippen molar-refractivity contribution in [2.75, 3.05) is 10.2 Å². The molecule has 0 spiro atoms. The molecule has 0 aromatic heterocycles. The summed E-state index contributed by atoms with van der Waals surface area (Å²) >= 11 is 4.38. The topological polar surface area (TPSA) is 49.4 Å². The van der Waals surface area contributed by atoms with Crippen LogP contribution in [0.2, 0.25) is 0 Å². The Balaban J connectivity index is 1.82. The van der Waals surface area contributed by atoms with Crippen LogP contribution in [-0.2, 0) is 4.79 Å². The van der Waals surface area contributed by atoms with Crippen molar-refractivity contribution in [3.05, 3.63) is 58.6 Å². The molecule has 1 N–H and O–H groups in total. The summed E-state index contributed by atoms with van der Waals surface area (Å²) in [6.45, 7) is 1.93. The van der Waals surface area contributed by atoms with E-state index in [1.165, 1.54) is 4.90 Å². The molecule has 1 atom stereocenters. The highest BCUT2D eigenvalue weighted by Gasteiger charge is 2.40. The van der Waals surface area contributed by atoms with Gasteiger partial charge in [0, 0.05) is 10.2 Å². The van der Waals surface area contributed by atoms with Gasteiger partial charge in [-0.25, -0.2) is 4.90 Å². The minimum Gasteiger partial charge on any atom is -0.365 e. The Bertz CT molecular complexity index is 750. The van der Waals surface area contributed by atoms with Crippen molar-refractivity contribution in [1.82, 2.24) is 0 Å². The summed E-state index contributed by atoms with van der Waals surface area (Å²) in [6.07, 6.45) is 0. The molecule has 0 aliphatic carbocycles. The third-order valence-corrected chi connectivity index (χ3v) is 4.66. The third kappa shape index (κ3) is 3.03. The second-order valence-corrected chi connectivity index (χ2v) is 6.90. The van der Waals surface area contributed by atoms with Crippen molar-refractivity contribution < 1.29 is 9.59 Å². The lowest BCUT2D eigenvalue weighted by atomic mass is 10.2. The number of imide groups is 1. The van der Waals surface area contributed by atoms with Crippen LogP contribution in [0.25, 0.3) is 0 Å². The van der Waals surface area contributed by atoms with Gasteiger partial charge in [-0.05, 0) is 54.6 Å². The highest BCUT2D eigenvalue weighted by atomic mass is 79.9. The Morgan fingerprint density at radius 2 is 1.91 bits per heavy atom. The first-order valence-electron chi connectivity index (χ1n) is 6.68. The molecule has 1 saturated heterocycles. The van der Waals surface area contributed by atoms with Gasteiger partial charge < -0.3 is 5.32 Å². The number of nitrogens with zero attached hydrogens (tertiary/aromatic N) is 1. The summed E-state index contributed by atoms with van der Waals surface area (Å²) in [6, 6.07) is 14.9. The predicted octanol–water partition coefficient (Wildman–Crippen LogP) is 4.40. The maximum Gasteiger partial charge on any atom is 0.295 e. The number of halogens is 1. The fraction of sp³-hybridized carbons (Fsp3) is 0.125. The van der Waals surface area contributed by atoms with Crippen LogP contribution in [0.4, 0.5) is 16.2 Å². The molecule has 2 amide bonds. The molecule has 0 bridgehead atoms. The zero-order valence-corrected chi connectivity index (χ0v) is 14.1. The molecule has 1 aliphatic heterocycles. The summed E-state index contributed by atoms with van der Waals surface area (Å²) in [7, 11) is 0. The molecule has 1 heterocycles. The first kappa shape index (κ1) is 15.1. The molecule has 1 fully saturated rings. The average molecular weight is 377 g/mol. The van der Waals surface area contributed by atoms with E-state index in [9.17, 15) is 9.59 Å². The van der Waals surface area contributed by atoms with Gasteiger partial charge in [0.15, 0.2) is 5.37 Å². The van der Waals surface area contributed by atoms with Gasteiger partial charge in [0.05, 0.1) is 5.69 Å². The Hall–Kier alpha value is -1.79. The van der Waals surface area contributed by atoms with E-state index in [4.69, 9.17) is 0 Å². The number of carbonyl (C=O) groups is 2.